The van der Waals surface area contributed by atoms with Crippen LogP contribution in [-0.4, -0.2) is 10.2 Å². The SMILES string of the molecule is CC(Cl)c1nnc(-c2ccc(F)c(F)c2F)s1. The van der Waals surface area contributed by atoms with Crippen molar-refractivity contribution in [3.63, 3.8) is 0 Å². The fourth-order valence-corrected chi connectivity index (χ4v) is 2.16. The summed E-state index contributed by atoms with van der Waals surface area (Å²) in [7, 11) is 0. The lowest BCUT2D eigenvalue weighted by molar-refractivity contribution is 0.449. The first kappa shape index (κ1) is 12.3. The lowest BCUT2D eigenvalue weighted by atomic mass is 10.2. The Labute approximate surface area is 104 Å². The molecule has 0 spiro atoms. The maximum atomic E-state index is 13.4. The summed E-state index contributed by atoms with van der Waals surface area (Å²) >= 11 is 6.82. The van der Waals surface area contributed by atoms with Gasteiger partial charge >= 0.3 is 0 Å². The molecule has 0 saturated heterocycles. The highest BCUT2D eigenvalue weighted by atomic mass is 35.5. The van der Waals surface area contributed by atoms with Gasteiger partial charge in [-0.3, -0.25) is 0 Å². The predicted molar refractivity (Wildman–Crippen MR) is 59.5 cm³/mol. The average Bonchev–Trinajstić information content (AvgIpc) is 2.75. The largest absolute Gasteiger partial charge is 0.204 e. The minimum absolute atomic E-state index is 0.120. The van der Waals surface area contributed by atoms with Crippen LogP contribution in [0.2, 0.25) is 0 Å². The summed E-state index contributed by atoms with van der Waals surface area (Å²) in [4.78, 5) is 0. The average molecular weight is 279 g/mol. The Hall–Kier alpha value is -1.14. The normalized spacial score (nSPS) is 12.8. The van der Waals surface area contributed by atoms with E-state index in [-0.39, 0.29) is 15.9 Å². The molecule has 2 rings (SSSR count). The van der Waals surface area contributed by atoms with E-state index >= 15 is 0 Å². The summed E-state index contributed by atoms with van der Waals surface area (Å²) < 4.78 is 39.2. The summed E-state index contributed by atoms with van der Waals surface area (Å²) in [5.41, 5.74) is -0.120. The number of nitrogens with zero attached hydrogens (tertiary/aromatic N) is 2. The van der Waals surface area contributed by atoms with Gasteiger partial charge in [0, 0.05) is 0 Å². The van der Waals surface area contributed by atoms with Gasteiger partial charge in [-0.15, -0.1) is 21.8 Å². The monoisotopic (exact) mass is 278 g/mol. The zero-order valence-electron chi connectivity index (χ0n) is 8.55. The van der Waals surface area contributed by atoms with Gasteiger partial charge in [0.25, 0.3) is 0 Å². The van der Waals surface area contributed by atoms with Crippen LogP contribution < -0.4 is 0 Å². The summed E-state index contributed by atoms with van der Waals surface area (Å²) in [6.45, 7) is 1.69. The van der Waals surface area contributed by atoms with E-state index in [1.165, 1.54) is 0 Å². The topological polar surface area (TPSA) is 25.8 Å². The van der Waals surface area contributed by atoms with E-state index in [9.17, 15) is 13.2 Å². The fourth-order valence-electron chi connectivity index (χ4n) is 1.20. The molecule has 1 unspecified atom stereocenters. The summed E-state index contributed by atoms with van der Waals surface area (Å²) in [5, 5.41) is 7.73. The van der Waals surface area contributed by atoms with Crippen molar-refractivity contribution >= 4 is 22.9 Å². The van der Waals surface area contributed by atoms with Crippen LogP contribution in [0.3, 0.4) is 0 Å². The van der Waals surface area contributed by atoms with Crippen molar-refractivity contribution in [2.24, 2.45) is 0 Å². The third-order valence-electron chi connectivity index (χ3n) is 2.05. The molecule has 0 amide bonds. The molecule has 0 aliphatic carbocycles. The van der Waals surface area contributed by atoms with Gasteiger partial charge in [0.05, 0.1) is 10.9 Å². The molecule has 17 heavy (non-hydrogen) atoms. The van der Waals surface area contributed by atoms with Crippen LogP contribution in [0.25, 0.3) is 10.6 Å². The predicted octanol–water partition coefficient (Wildman–Crippen LogP) is 3.92. The lowest BCUT2D eigenvalue weighted by Gasteiger charge is -2.00. The number of aromatic nitrogens is 2. The molecule has 7 heteroatoms. The smallest absolute Gasteiger partial charge is 0.195 e. The Balaban J connectivity index is 2.49. The van der Waals surface area contributed by atoms with Gasteiger partial charge in [-0.1, -0.05) is 11.3 Å². The molecule has 1 atom stereocenters. The molecule has 0 aliphatic rings. The molecule has 0 aliphatic heterocycles. The number of alkyl halides is 1. The van der Waals surface area contributed by atoms with Crippen LogP contribution >= 0.6 is 22.9 Å². The van der Waals surface area contributed by atoms with E-state index in [1.807, 2.05) is 0 Å². The number of rotatable bonds is 2. The first-order valence-electron chi connectivity index (χ1n) is 4.62. The van der Waals surface area contributed by atoms with Gasteiger partial charge < -0.3 is 0 Å². The molecule has 0 radical (unpaired) electrons. The van der Waals surface area contributed by atoms with Crippen LogP contribution in [0.15, 0.2) is 12.1 Å². The van der Waals surface area contributed by atoms with Gasteiger partial charge in [-0.2, -0.15) is 0 Å². The minimum Gasteiger partial charge on any atom is -0.204 e. The Bertz CT molecular complexity index is 556. The maximum absolute atomic E-state index is 13.4. The second-order valence-electron chi connectivity index (χ2n) is 3.28. The summed E-state index contributed by atoms with van der Waals surface area (Å²) in [6.07, 6.45) is 0. The van der Waals surface area contributed by atoms with Gasteiger partial charge in [-0.25, -0.2) is 13.2 Å². The van der Waals surface area contributed by atoms with Crippen LogP contribution in [0.4, 0.5) is 13.2 Å². The highest BCUT2D eigenvalue weighted by Gasteiger charge is 2.18. The molecular formula is C10H6ClF3N2S. The number of benzene rings is 1. The van der Waals surface area contributed by atoms with Crippen LogP contribution in [0, 0.1) is 17.5 Å². The van der Waals surface area contributed by atoms with E-state index in [4.69, 9.17) is 11.6 Å². The van der Waals surface area contributed by atoms with Crippen molar-refractivity contribution < 1.29 is 13.2 Å². The van der Waals surface area contributed by atoms with Crippen LogP contribution in [0.1, 0.15) is 17.3 Å². The standard InChI is InChI=1S/C10H6ClF3N2S/c1-4(11)9-15-16-10(17-9)5-2-3-6(12)8(14)7(5)13/h2-4H,1H3. The lowest BCUT2D eigenvalue weighted by Crippen LogP contribution is -1.93. The van der Waals surface area contributed by atoms with Crippen molar-refractivity contribution in [2.45, 2.75) is 12.3 Å². The molecule has 1 aromatic heterocycles. The second kappa shape index (κ2) is 4.62. The van der Waals surface area contributed by atoms with E-state index in [0.717, 1.165) is 23.5 Å². The molecule has 1 aromatic carbocycles. The Morgan fingerprint density at radius 2 is 1.88 bits per heavy atom. The van der Waals surface area contributed by atoms with Gasteiger partial charge in [0.1, 0.15) is 5.01 Å². The molecular weight excluding hydrogens is 273 g/mol. The zero-order valence-corrected chi connectivity index (χ0v) is 10.1. The highest BCUT2D eigenvalue weighted by Crippen LogP contribution is 2.31. The fraction of sp³-hybridized carbons (Fsp3) is 0.200. The van der Waals surface area contributed by atoms with Crippen molar-refractivity contribution in [3.05, 3.63) is 34.6 Å². The molecule has 90 valence electrons. The number of halogens is 4. The quantitative estimate of drug-likeness (QED) is 0.614. The summed E-state index contributed by atoms with van der Waals surface area (Å²) in [5.74, 6) is -4.02. The Morgan fingerprint density at radius 1 is 1.18 bits per heavy atom. The molecule has 1 heterocycles. The second-order valence-corrected chi connectivity index (χ2v) is 4.95. The van der Waals surface area contributed by atoms with E-state index in [2.05, 4.69) is 10.2 Å². The van der Waals surface area contributed by atoms with Crippen LogP contribution in [0.5, 0.6) is 0 Å². The molecule has 2 nitrogen and oxygen atoms in total. The molecule has 0 bridgehead atoms. The highest BCUT2D eigenvalue weighted by molar-refractivity contribution is 7.15. The van der Waals surface area contributed by atoms with E-state index in [0.29, 0.717) is 5.01 Å². The van der Waals surface area contributed by atoms with Gasteiger partial charge in [-0.05, 0) is 19.1 Å². The minimum atomic E-state index is -1.52. The Morgan fingerprint density at radius 3 is 2.47 bits per heavy atom. The first-order valence-corrected chi connectivity index (χ1v) is 5.87. The van der Waals surface area contributed by atoms with E-state index in [1.54, 1.807) is 6.92 Å². The third kappa shape index (κ3) is 2.28. The maximum Gasteiger partial charge on any atom is 0.195 e. The van der Waals surface area contributed by atoms with Crippen molar-refractivity contribution in [3.8, 4) is 10.6 Å². The van der Waals surface area contributed by atoms with Crippen molar-refractivity contribution in [1.29, 1.82) is 0 Å². The number of hydrogen-bond donors (Lipinski definition) is 0. The third-order valence-corrected chi connectivity index (χ3v) is 3.52. The zero-order chi connectivity index (χ0) is 12.6. The van der Waals surface area contributed by atoms with Gasteiger partial charge in [0.15, 0.2) is 22.5 Å². The van der Waals surface area contributed by atoms with Crippen molar-refractivity contribution in [2.75, 3.05) is 0 Å². The summed E-state index contributed by atoms with van der Waals surface area (Å²) in [6, 6.07) is 1.97. The Kier molecular flexibility index (Phi) is 3.35. The van der Waals surface area contributed by atoms with E-state index < -0.39 is 17.5 Å². The van der Waals surface area contributed by atoms with Gasteiger partial charge in [0.2, 0.25) is 0 Å². The molecule has 0 saturated carbocycles. The number of hydrogen-bond acceptors (Lipinski definition) is 3. The molecule has 2 aromatic rings. The molecule has 0 fully saturated rings. The van der Waals surface area contributed by atoms with Crippen LogP contribution in [-0.2, 0) is 0 Å². The first-order chi connectivity index (χ1) is 8.00. The van der Waals surface area contributed by atoms with Crippen molar-refractivity contribution in [1.82, 2.24) is 10.2 Å². The molecule has 0 N–H and O–H groups in total.